The summed E-state index contributed by atoms with van der Waals surface area (Å²) in [5.41, 5.74) is 3.14. The second-order valence-corrected chi connectivity index (χ2v) is 4.05. The van der Waals surface area contributed by atoms with Crippen LogP contribution in [0.15, 0.2) is 24.4 Å². The lowest BCUT2D eigenvalue weighted by Crippen LogP contribution is -2.09. The largest absolute Gasteiger partial charge is 0.359 e. The lowest BCUT2D eigenvalue weighted by atomic mass is 10.2. The minimum Gasteiger partial charge on any atom is -0.359 e. The Morgan fingerprint density at radius 1 is 1.44 bits per heavy atom. The van der Waals surface area contributed by atoms with Gasteiger partial charge in [0.2, 0.25) is 5.91 Å². The van der Waals surface area contributed by atoms with Gasteiger partial charge in [0.15, 0.2) is 0 Å². The second kappa shape index (κ2) is 4.39. The average Bonchev–Trinajstić information content (AvgIpc) is 2.61. The Labute approximate surface area is 94.9 Å². The van der Waals surface area contributed by atoms with Gasteiger partial charge in [-0.05, 0) is 25.0 Å². The lowest BCUT2D eigenvalue weighted by Gasteiger charge is -2.02. The number of H-pyrrole nitrogens is 1. The number of amides is 1. The maximum absolute atomic E-state index is 11.5. The summed E-state index contributed by atoms with van der Waals surface area (Å²) in [7, 11) is 0. The Morgan fingerprint density at radius 2 is 2.25 bits per heavy atom. The van der Waals surface area contributed by atoms with Gasteiger partial charge in [0.25, 0.3) is 0 Å². The van der Waals surface area contributed by atoms with Crippen LogP contribution in [0.3, 0.4) is 0 Å². The Morgan fingerprint density at radius 3 is 3.00 bits per heavy atom. The van der Waals surface area contributed by atoms with E-state index in [4.69, 9.17) is 0 Å². The Hall–Kier alpha value is -1.77. The van der Waals surface area contributed by atoms with Crippen molar-refractivity contribution < 1.29 is 4.79 Å². The van der Waals surface area contributed by atoms with E-state index in [0.717, 1.165) is 23.0 Å². The summed E-state index contributed by atoms with van der Waals surface area (Å²) in [5, 5.41) is 3.98. The van der Waals surface area contributed by atoms with Crippen molar-refractivity contribution >= 4 is 22.5 Å². The highest BCUT2D eigenvalue weighted by Crippen LogP contribution is 2.23. The quantitative estimate of drug-likeness (QED) is 0.813. The molecule has 0 saturated carbocycles. The van der Waals surface area contributed by atoms with Gasteiger partial charge in [-0.2, -0.15) is 0 Å². The molecule has 0 bridgehead atoms. The van der Waals surface area contributed by atoms with Crippen molar-refractivity contribution in [1.29, 1.82) is 0 Å². The third kappa shape index (κ3) is 2.08. The lowest BCUT2D eigenvalue weighted by molar-refractivity contribution is -0.116. The van der Waals surface area contributed by atoms with Crippen molar-refractivity contribution in [2.24, 2.45) is 0 Å². The van der Waals surface area contributed by atoms with Crippen molar-refractivity contribution in [3.8, 4) is 0 Å². The molecular weight excluding hydrogens is 200 g/mol. The van der Waals surface area contributed by atoms with Crippen molar-refractivity contribution in [3.63, 3.8) is 0 Å². The summed E-state index contributed by atoms with van der Waals surface area (Å²) in [6, 6.07) is 6.15. The smallest absolute Gasteiger partial charge is 0.224 e. The van der Waals surface area contributed by atoms with Crippen LogP contribution in [0.5, 0.6) is 0 Å². The van der Waals surface area contributed by atoms with Crippen LogP contribution in [0.2, 0.25) is 0 Å². The number of benzene rings is 1. The molecule has 0 spiro atoms. The fourth-order valence-electron chi connectivity index (χ4n) is 1.78. The molecule has 1 aromatic carbocycles. The molecule has 2 N–H and O–H groups in total. The van der Waals surface area contributed by atoms with Gasteiger partial charge in [-0.25, -0.2) is 0 Å². The van der Waals surface area contributed by atoms with E-state index in [2.05, 4.69) is 23.3 Å². The number of rotatable bonds is 3. The van der Waals surface area contributed by atoms with Crippen LogP contribution >= 0.6 is 0 Å². The van der Waals surface area contributed by atoms with E-state index in [1.54, 1.807) is 0 Å². The zero-order chi connectivity index (χ0) is 11.5. The molecule has 3 heteroatoms. The Balaban J connectivity index is 2.28. The molecule has 0 unspecified atom stereocenters. The SMILES string of the molecule is CCCC(=O)Nc1c[nH]c2cc(C)ccc12. The normalized spacial score (nSPS) is 10.6. The topological polar surface area (TPSA) is 44.9 Å². The van der Waals surface area contributed by atoms with E-state index in [-0.39, 0.29) is 5.91 Å². The highest BCUT2D eigenvalue weighted by Gasteiger charge is 2.06. The molecule has 1 amide bonds. The van der Waals surface area contributed by atoms with E-state index in [1.165, 1.54) is 5.56 Å². The number of aromatic nitrogens is 1. The van der Waals surface area contributed by atoms with Gasteiger partial charge in [-0.1, -0.05) is 19.1 Å². The molecule has 84 valence electrons. The van der Waals surface area contributed by atoms with Gasteiger partial charge in [-0.15, -0.1) is 0 Å². The molecule has 3 nitrogen and oxygen atoms in total. The number of anilines is 1. The highest BCUT2D eigenvalue weighted by atomic mass is 16.1. The Kier molecular flexibility index (Phi) is 2.95. The summed E-state index contributed by atoms with van der Waals surface area (Å²) >= 11 is 0. The number of hydrogen-bond acceptors (Lipinski definition) is 1. The van der Waals surface area contributed by atoms with Crippen molar-refractivity contribution in [2.45, 2.75) is 26.7 Å². The first kappa shape index (κ1) is 10.7. The summed E-state index contributed by atoms with van der Waals surface area (Å²) in [5.74, 6) is 0.0731. The number of nitrogens with one attached hydrogen (secondary N) is 2. The third-order valence-corrected chi connectivity index (χ3v) is 2.59. The molecule has 1 heterocycles. The number of aromatic amines is 1. The summed E-state index contributed by atoms with van der Waals surface area (Å²) in [4.78, 5) is 14.7. The maximum Gasteiger partial charge on any atom is 0.224 e. The van der Waals surface area contributed by atoms with Gasteiger partial charge in [-0.3, -0.25) is 4.79 Å². The molecule has 16 heavy (non-hydrogen) atoms. The number of fused-ring (bicyclic) bond motifs is 1. The van der Waals surface area contributed by atoms with E-state index in [1.807, 2.05) is 25.3 Å². The van der Waals surface area contributed by atoms with E-state index in [0.29, 0.717) is 6.42 Å². The molecular formula is C13H16N2O. The predicted octanol–water partition coefficient (Wildman–Crippen LogP) is 3.21. The third-order valence-electron chi connectivity index (χ3n) is 2.59. The summed E-state index contributed by atoms with van der Waals surface area (Å²) in [6.45, 7) is 4.05. The van der Waals surface area contributed by atoms with Crippen LogP contribution < -0.4 is 5.32 Å². The number of carbonyl (C=O) groups excluding carboxylic acids is 1. The first-order chi connectivity index (χ1) is 7.70. The predicted molar refractivity (Wildman–Crippen MR) is 66.6 cm³/mol. The van der Waals surface area contributed by atoms with E-state index < -0.39 is 0 Å². The molecule has 0 aliphatic heterocycles. The molecule has 1 aromatic heterocycles. The molecule has 0 fully saturated rings. The summed E-state index contributed by atoms with van der Waals surface area (Å²) in [6.07, 6.45) is 3.28. The van der Waals surface area contributed by atoms with Gasteiger partial charge in [0.05, 0.1) is 5.69 Å². The van der Waals surface area contributed by atoms with Crippen LogP contribution in [0.4, 0.5) is 5.69 Å². The minimum absolute atomic E-state index is 0.0731. The number of aryl methyl sites for hydroxylation is 1. The highest BCUT2D eigenvalue weighted by molar-refractivity contribution is 6.01. The number of hydrogen-bond donors (Lipinski definition) is 2. The van der Waals surface area contributed by atoms with Crippen LogP contribution in [0, 0.1) is 6.92 Å². The fraction of sp³-hybridized carbons (Fsp3) is 0.308. The van der Waals surface area contributed by atoms with E-state index >= 15 is 0 Å². The molecule has 2 aromatic rings. The molecule has 0 saturated heterocycles. The first-order valence-corrected chi connectivity index (χ1v) is 5.58. The zero-order valence-corrected chi connectivity index (χ0v) is 9.63. The van der Waals surface area contributed by atoms with Gasteiger partial charge in [0, 0.05) is 23.5 Å². The molecule has 2 rings (SSSR count). The van der Waals surface area contributed by atoms with Crippen LogP contribution in [-0.4, -0.2) is 10.9 Å². The summed E-state index contributed by atoms with van der Waals surface area (Å²) < 4.78 is 0. The maximum atomic E-state index is 11.5. The van der Waals surface area contributed by atoms with Crippen molar-refractivity contribution in [3.05, 3.63) is 30.0 Å². The standard InChI is InChI=1S/C13H16N2O/c1-3-4-13(16)15-12-8-14-11-7-9(2)5-6-10(11)12/h5-8,14H,3-4H2,1-2H3,(H,15,16). The minimum atomic E-state index is 0.0731. The fourth-order valence-corrected chi connectivity index (χ4v) is 1.78. The zero-order valence-electron chi connectivity index (χ0n) is 9.63. The monoisotopic (exact) mass is 216 g/mol. The Bertz CT molecular complexity index is 514. The first-order valence-electron chi connectivity index (χ1n) is 5.58. The van der Waals surface area contributed by atoms with Crippen LogP contribution in [-0.2, 0) is 4.79 Å². The van der Waals surface area contributed by atoms with Gasteiger partial charge >= 0.3 is 0 Å². The van der Waals surface area contributed by atoms with Gasteiger partial charge in [0.1, 0.15) is 0 Å². The van der Waals surface area contributed by atoms with Crippen LogP contribution in [0.25, 0.3) is 10.9 Å². The van der Waals surface area contributed by atoms with Crippen molar-refractivity contribution in [2.75, 3.05) is 5.32 Å². The molecule has 0 radical (unpaired) electrons. The average molecular weight is 216 g/mol. The van der Waals surface area contributed by atoms with Crippen molar-refractivity contribution in [1.82, 2.24) is 4.98 Å². The van der Waals surface area contributed by atoms with Gasteiger partial charge < -0.3 is 10.3 Å². The molecule has 0 atom stereocenters. The molecule has 0 aliphatic carbocycles. The molecule has 0 aliphatic rings. The van der Waals surface area contributed by atoms with E-state index in [9.17, 15) is 4.79 Å². The second-order valence-electron chi connectivity index (χ2n) is 4.05. The van der Waals surface area contributed by atoms with Crippen LogP contribution in [0.1, 0.15) is 25.3 Å². The number of carbonyl (C=O) groups is 1.